The van der Waals surface area contributed by atoms with Gasteiger partial charge in [0.2, 0.25) is 0 Å². The van der Waals surface area contributed by atoms with Crippen molar-refractivity contribution in [3.8, 4) is 0 Å². The second-order valence-corrected chi connectivity index (χ2v) is 2.84. The Bertz CT molecular complexity index is 136. The molecule has 0 radical (unpaired) electrons. The van der Waals surface area contributed by atoms with Gasteiger partial charge in [0.15, 0.2) is 6.79 Å². The quantitative estimate of drug-likeness (QED) is 0.375. The van der Waals surface area contributed by atoms with Crippen molar-refractivity contribution in [1.82, 2.24) is 0 Å². The normalized spacial score (nSPS) is 13.1. The molecule has 0 aromatic heterocycles. The molecule has 0 saturated carbocycles. The van der Waals surface area contributed by atoms with Gasteiger partial charge in [0.25, 0.3) is 0 Å². The second-order valence-electron chi connectivity index (χ2n) is 2.84. The highest BCUT2D eigenvalue weighted by molar-refractivity contribution is 5.75. The summed E-state index contributed by atoms with van der Waals surface area (Å²) in [5.41, 5.74) is 5.51. The summed E-state index contributed by atoms with van der Waals surface area (Å²) in [6.07, 6.45) is 0. The molecule has 0 spiro atoms. The molecule has 4 heteroatoms. The first-order chi connectivity index (χ1) is 5.59. The van der Waals surface area contributed by atoms with E-state index in [0.717, 1.165) is 0 Å². The molecule has 0 saturated heterocycles. The van der Waals surface area contributed by atoms with E-state index in [9.17, 15) is 4.79 Å². The van der Waals surface area contributed by atoms with E-state index in [1.54, 1.807) is 0 Å². The first kappa shape index (κ1) is 11.4. The molecule has 12 heavy (non-hydrogen) atoms. The van der Waals surface area contributed by atoms with Crippen molar-refractivity contribution in [2.45, 2.75) is 26.8 Å². The maximum atomic E-state index is 11.0. The third kappa shape index (κ3) is 4.31. The molecular weight excluding hydrogens is 158 g/mol. The van der Waals surface area contributed by atoms with Crippen molar-refractivity contribution in [2.75, 3.05) is 13.4 Å². The standard InChI is InChI=1S/C8H17NO3/c1-4-11-5-12-8(10)7(9)6(2)3/h6-7H,4-5,9H2,1-3H3/t7-/m0/s1. The Balaban J connectivity index is 3.57. The maximum Gasteiger partial charge on any atom is 0.325 e. The highest BCUT2D eigenvalue weighted by Crippen LogP contribution is 2.00. The molecule has 0 aliphatic heterocycles. The number of hydrogen-bond acceptors (Lipinski definition) is 4. The summed E-state index contributed by atoms with van der Waals surface area (Å²) in [7, 11) is 0. The minimum Gasteiger partial charge on any atom is -0.437 e. The monoisotopic (exact) mass is 175 g/mol. The Morgan fingerprint density at radius 1 is 1.50 bits per heavy atom. The van der Waals surface area contributed by atoms with Gasteiger partial charge < -0.3 is 15.2 Å². The van der Waals surface area contributed by atoms with Crippen LogP contribution >= 0.6 is 0 Å². The Labute approximate surface area is 73.0 Å². The fourth-order valence-electron chi connectivity index (χ4n) is 0.551. The van der Waals surface area contributed by atoms with Crippen LogP contribution in [0.15, 0.2) is 0 Å². The largest absolute Gasteiger partial charge is 0.437 e. The van der Waals surface area contributed by atoms with Gasteiger partial charge in [-0.3, -0.25) is 4.79 Å². The summed E-state index contributed by atoms with van der Waals surface area (Å²) in [6.45, 7) is 6.09. The van der Waals surface area contributed by atoms with Gasteiger partial charge in [-0.1, -0.05) is 13.8 Å². The summed E-state index contributed by atoms with van der Waals surface area (Å²) in [6, 6.07) is -0.551. The molecule has 72 valence electrons. The zero-order valence-electron chi connectivity index (χ0n) is 7.87. The lowest BCUT2D eigenvalue weighted by Gasteiger charge is -2.13. The fourth-order valence-corrected chi connectivity index (χ4v) is 0.551. The van der Waals surface area contributed by atoms with Gasteiger partial charge >= 0.3 is 5.97 Å². The average molecular weight is 175 g/mol. The van der Waals surface area contributed by atoms with Crippen molar-refractivity contribution in [3.63, 3.8) is 0 Å². The van der Waals surface area contributed by atoms with Crippen LogP contribution in [0.3, 0.4) is 0 Å². The Hall–Kier alpha value is -0.610. The van der Waals surface area contributed by atoms with Crippen molar-refractivity contribution in [3.05, 3.63) is 0 Å². The number of carbonyl (C=O) groups is 1. The molecule has 1 atom stereocenters. The first-order valence-corrected chi connectivity index (χ1v) is 4.09. The van der Waals surface area contributed by atoms with Gasteiger partial charge in [-0.15, -0.1) is 0 Å². The van der Waals surface area contributed by atoms with E-state index in [1.807, 2.05) is 20.8 Å². The number of hydrogen-bond donors (Lipinski definition) is 1. The topological polar surface area (TPSA) is 61.5 Å². The fraction of sp³-hybridized carbons (Fsp3) is 0.875. The molecule has 2 N–H and O–H groups in total. The van der Waals surface area contributed by atoms with Crippen molar-refractivity contribution in [2.24, 2.45) is 11.7 Å². The molecular formula is C8H17NO3. The van der Waals surface area contributed by atoms with Crippen LogP contribution in [0.1, 0.15) is 20.8 Å². The number of rotatable bonds is 5. The zero-order valence-corrected chi connectivity index (χ0v) is 7.87. The van der Waals surface area contributed by atoms with E-state index < -0.39 is 12.0 Å². The number of nitrogens with two attached hydrogens (primary N) is 1. The summed E-state index contributed by atoms with van der Waals surface area (Å²) in [5, 5.41) is 0. The van der Waals surface area contributed by atoms with Gasteiger partial charge in [0.1, 0.15) is 6.04 Å². The van der Waals surface area contributed by atoms with Crippen molar-refractivity contribution < 1.29 is 14.3 Å². The van der Waals surface area contributed by atoms with E-state index in [0.29, 0.717) is 6.61 Å². The highest BCUT2D eigenvalue weighted by Gasteiger charge is 2.18. The predicted molar refractivity (Wildman–Crippen MR) is 45.4 cm³/mol. The Morgan fingerprint density at radius 3 is 2.50 bits per heavy atom. The molecule has 0 aliphatic carbocycles. The molecule has 0 bridgehead atoms. The van der Waals surface area contributed by atoms with Gasteiger partial charge in [-0.2, -0.15) is 0 Å². The molecule has 0 fully saturated rings. The minimum atomic E-state index is -0.551. The highest BCUT2D eigenvalue weighted by atomic mass is 16.7. The first-order valence-electron chi connectivity index (χ1n) is 4.09. The van der Waals surface area contributed by atoms with Gasteiger partial charge in [-0.25, -0.2) is 0 Å². The third-order valence-electron chi connectivity index (χ3n) is 1.48. The number of ether oxygens (including phenoxy) is 2. The van der Waals surface area contributed by atoms with Crippen molar-refractivity contribution >= 4 is 5.97 Å². The Morgan fingerprint density at radius 2 is 2.08 bits per heavy atom. The summed E-state index contributed by atoms with van der Waals surface area (Å²) in [4.78, 5) is 11.0. The molecule has 4 nitrogen and oxygen atoms in total. The van der Waals surface area contributed by atoms with Crippen LogP contribution in [-0.4, -0.2) is 25.4 Å². The number of esters is 1. The van der Waals surface area contributed by atoms with Crippen LogP contribution in [0.2, 0.25) is 0 Å². The van der Waals surface area contributed by atoms with Crippen LogP contribution < -0.4 is 5.73 Å². The van der Waals surface area contributed by atoms with Crippen LogP contribution in [-0.2, 0) is 14.3 Å². The van der Waals surface area contributed by atoms with Crippen LogP contribution in [0, 0.1) is 5.92 Å². The van der Waals surface area contributed by atoms with E-state index in [1.165, 1.54) is 0 Å². The van der Waals surface area contributed by atoms with E-state index in [4.69, 9.17) is 15.2 Å². The van der Waals surface area contributed by atoms with Gasteiger partial charge in [0.05, 0.1) is 0 Å². The lowest BCUT2D eigenvalue weighted by molar-refractivity contribution is -0.158. The summed E-state index contributed by atoms with van der Waals surface area (Å²) >= 11 is 0. The summed E-state index contributed by atoms with van der Waals surface area (Å²) < 4.78 is 9.55. The van der Waals surface area contributed by atoms with E-state index in [2.05, 4.69) is 0 Å². The second kappa shape index (κ2) is 5.97. The molecule has 0 amide bonds. The lowest BCUT2D eigenvalue weighted by Crippen LogP contribution is -2.37. The van der Waals surface area contributed by atoms with Gasteiger partial charge in [0, 0.05) is 6.61 Å². The molecule has 0 aliphatic rings. The summed E-state index contributed by atoms with van der Waals surface area (Å²) in [5.74, 6) is -0.308. The smallest absolute Gasteiger partial charge is 0.325 e. The molecule has 0 unspecified atom stereocenters. The minimum absolute atomic E-state index is 0.00421. The zero-order chi connectivity index (χ0) is 9.56. The van der Waals surface area contributed by atoms with Crippen molar-refractivity contribution in [1.29, 1.82) is 0 Å². The van der Waals surface area contributed by atoms with Gasteiger partial charge in [-0.05, 0) is 12.8 Å². The average Bonchev–Trinajstić information content (AvgIpc) is 2.03. The van der Waals surface area contributed by atoms with Crippen LogP contribution in [0.4, 0.5) is 0 Å². The maximum absolute atomic E-state index is 11.0. The molecule has 0 rings (SSSR count). The van der Waals surface area contributed by atoms with E-state index in [-0.39, 0.29) is 12.7 Å². The molecule has 0 heterocycles. The SMILES string of the molecule is CCOCOC(=O)[C@@H](N)C(C)C. The van der Waals surface area contributed by atoms with Crippen LogP contribution in [0.5, 0.6) is 0 Å². The third-order valence-corrected chi connectivity index (χ3v) is 1.48. The predicted octanol–water partition coefficient (Wildman–Crippen LogP) is 0.507. The number of carbonyl (C=O) groups excluding carboxylic acids is 1. The lowest BCUT2D eigenvalue weighted by atomic mass is 10.1. The molecule has 0 aromatic rings. The Kier molecular flexibility index (Phi) is 5.66. The molecule has 0 aromatic carbocycles. The van der Waals surface area contributed by atoms with E-state index >= 15 is 0 Å². The van der Waals surface area contributed by atoms with Crippen LogP contribution in [0.25, 0.3) is 0 Å².